The Kier molecular flexibility index (Phi) is 3.35. The Morgan fingerprint density at radius 2 is 1.58 bits per heavy atom. The molecule has 2 amide bonds. The van der Waals surface area contributed by atoms with E-state index in [1.807, 2.05) is 6.07 Å². The number of nitrogens with two attached hydrogens (primary N) is 1. The van der Waals surface area contributed by atoms with Crippen molar-refractivity contribution in [3.8, 4) is 0 Å². The van der Waals surface area contributed by atoms with Gasteiger partial charge in [0.05, 0.1) is 10.8 Å². The number of carbonyl (C=O) groups excluding carboxylic acids is 2. The molecule has 0 aromatic heterocycles. The average molecular weight is 352 g/mol. The Bertz CT molecular complexity index is 757. The maximum Gasteiger partial charge on any atom is 0.228 e. The highest BCUT2D eigenvalue weighted by Crippen LogP contribution is 2.70. The van der Waals surface area contributed by atoms with E-state index in [0.29, 0.717) is 18.2 Å². The molecular formula is C22H28N2O2. The minimum atomic E-state index is -0.495. The van der Waals surface area contributed by atoms with Crippen LogP contribution >= 0.6 is 0 Å². The van der Waals surface area contributed by atoms with Crippen LogP contribution in [0.15, 0.2) is 30.3 Å². The van der Waals surface area contributed by atoms with Gasteiger partial charge in [0, 0.05) is 13.1 Å². The van der Waals surface area contributed by atoms with Crippen molar-refractivity contribution in [1.82, 2.24) is 4.90 Å². The fraction of sp³-hybridized carbons (Fsp3) is 0.636. The predicted molar refractivity (Wildman–Crippen MR) is 99.2 cm³/mol. The summed E-state index contributed by atoms with van der Waals surface area (Å²) in [5.74, 6) is 0.566. The number of amides is 2. The average Bonchev–Trinajstić information content (AvgIpc) is 3.15. The van der Waals surface area contributed by atoms with E-state index in [2.05, 4.69) is 29.2 Å². The number of primary amides is 1. The van der Waals surface area contributed by atoms with E-state index in [9.17, 15) is 9.59 Å². The smallest absolute Gasteiger partial charge is 0.228 e. The first-order valence-electron chi connectivity index (χ1n) is 10.1. The SMILES string of the molecule is NC(=O)C12CC3CC(C(=O)N4CCCC4)(C1)CC(c1ccccc1)(C3)C2. The predicted octanol–water partition coefficient (Wildman–Crippen LogP) is 3.00. The van der Waals surface area contributed by atoms with Crippen LogP contribution in [0.2, 0.25) is 0 Å². The molecule has 1 saturated heterocycles. The molecule has 0 spiro atoms. The minimum absolute atomic E-state index is 0.0644. The number of rotatable bonds is 3. The third-order valence-corrected chi connectivity index (χ3v) is 7.82. The van der Waals surface area contributed by atoms with Gasteiger partial charge < -0.3 is 10.6 Å². The van der Waals surface area contributed by atoms with Crippen LogP contribution < -0.4 is 5.73 Å². The van der Waals surface area contributed by atoms with Gasteiger partial charge in [-0.25, -0.2) is 0 Å². The van der Waals surface area contributed by atoms with Crippen molar-refractivity contribution in [3.05, 3.63) is 35.9 Å². The highest BCUT2D eigenvalue weighted by atomic mass is 16.2. The molecule has 1 aliphatic heterocycles. The lowest BCUT2D eigenvalue weighted by molar-refractivity contribution is -0.176. The largest absolute Gasteiger partial charge is 0.369 e. The molecule has 5 fully saturated rings. The number of hydrogen-bond donors (Lipinski definition) is 1. The zero-order chi connectivity index (χ0) is 18.0. The van der Waals surface area contributed by atoms with Crippen LogP contribution in [0.5, 0.6) is 0 Å². The second-order valence-corrected chi connectivity index (χ2v) is 9.58. The van der Waals surface area contributed by atoms with Gasteiger partial charge in [-0.05, 0) is 68.3 Å². The maximum absolute atomic E-state index is 13.6. The number of carbonyl (C=O) groups is 2. The van der Waals surface area contributed by atoms with E-state index in [1.165, 1.54) is 5.56 Å². The van der Waals surface area contributed by atoms with Crippen molar-refractivity contribution in [3.63, 3.8) is 0 Å². The van der Waals surface area contributed by atoms with Crippen molar-refractivity contribution < 1.29 is 9.59 Å². The summed E-state index contributed by atoms with van der Waals surface area (Å²) in [4.78, 5) is 28.3. The van der Waals surface area contributed by atoms with E-state index in [-0.39, 0.29) is 16.7 Å². The summed E-state index contributed by atoms with van der Waals surface area (Å²) in [5.41, 5.74) is 6.34. The monoisotopic (exact) mass is 352 g/mol. The van der Waals surface area contributed by atoms with E-state index in [4.69, 9.17) is 5.73 Å². The second kappa shape index (κ2) is 5.34. The fourth-order valence-electron chi connectivity index (χ4n) is 7.32. The number of hydrogen-bond acceptors (Lipinski definition) is 2. The maximum atomic E-state index is 13.6. The third-order valence-electron chi connectivity index (χ3n) is 7.82. The van der Waals surface area contributed by atoms with E-state index < -0.39 is 5.41 Å². The van der Waals surface area contributed by atoms with E-state index in [0.717, 1.165) is 58.0 Å². The number of nitrogens with zero attached hydrogens (tertiary/aromatic N) is 1. The molecule has 1 aromatic carbocycles. The lowest BCUT2D eigenvalue weighted by atomic mass is 9.38. The molecule has 4 unspecified atom stereocenters. The van der Waals surface area contributed by atoms with Crippen LogP contribution in [-0.2, 0) is 15.0 Å². The van der Waals surface area contributed by atoms with Gasteiger partial charge in [-0.15, -0.1) is 0 Å². The molecule has 4 bridgehead atoms. The molecule has 4 heteroatoms. The quantitative estimate of drug-likeness (QED) is 0.909. The highest BCUT2D eigenvalue weighted by Gasteiger charge is 2.68. The lowest BCUT2D eigenvalue weighted by Gasteiger charge is -2.65. The van der Waals surface area contributed by atoms with Crippen molar-refractivity contribution in [2.75, 3.05) is 13.1 Å². The molecule has 2 N–H and O–H groups in total. The molecule has 1 aromatic rings. The molecule has 0 radical (unpaired) electrons. The van der Waals surface area contributed by atoms with Gasteiger partial charge in [-0.3, -0.25) is 9.59 Å². The van der Waals surface area contributed by atoms with Crippen LogP contribution in [0, 0.1) is 16.7 Å². The van der Waals surface area contributed by atoms with Crippen LogP contribution in [-0.4, -0.2) is 29.8 Å². The molecular weight excluding hydrogens is 324 g/mol. The van der Waals surface area contributed by atoms with Crippen LogP contribution in [0.25, 0.3) is 0 Å². The van der Waals surface area contributed by atoms with Crippen molar-refractivity contribution in [2.45, 2.75) is 56.8 Å². The first kappa shape index (κ1) is 16.3. The first-order chi connectivity index (χ1) is 12.5. The fourth-order valence-corrected chi connectivity index (χ4v) is 7.32. The normalized spacial score (nSPS) is 40.8. The van der Waals surface area contributed by atoms with Crippen molar-refractivity contribution in [2.24, 2.45) is 22.5 Å². The first-order valence-corrected chi connectivity index (χ1v) is 10.1. The molecule has 4 nitrogen and oxygen atoms in total. The van der Waals surface area contributed by atoms with Gasteiger partial charge in [0.15, 0.2) is 0 Å². The molecule has 4 saturated carbocycles. The summed E-state index contributed by atoms with van der Waals surface area (Å²) in [6.07, 6.45) is 7.54. The molecule has 6 rings (SSSR count). The van der Waals surface area contributed by atoms with Gasteiger partial charge in [0.2, 0.25) is 11.8 Å². The summed E-state index contributed by atoms with van der Waals surface area (Å²) in [6, 6.07) is 10.6. The molecule has 4 atom stereocenters. The van der Waals surface area contributed by atoms with Crippen LogP contribution in [0.1, 0.15) is 56.9 Å². The Balaban J connectivity index is 1.61. The molecule has 26 heavy (non-hydrogen) atoms. The Morgan fingerprint density at radius 1 is 0.923 bits per heavy atom. The highest BCUT2D eigenvalue weighted by molar-refractivity contribution is 5.88. The summed E-state index contributed by atoms with van der Waals surface area (Å²) in [7, 11) is 0. The zero-order valence-electron chi connectivity index (χ0n) is 15.4. The summed E-state index contributed by atoms with van der Waals surface area (Å²) in [6.45, 7) is 1.76. The van der Waals surface area contributed by atoms with Crippen molar-refractivity contribution in [1.29, 1.82) is 0 Å². The number of likely N-dealkylation sites (tertiary alicyclic amines) is 1. The summed E-state index contributed by atoms with van der Waals surface area (Å²) >= 11 is 0. The van der Waals surface area contributed by atoms with Gasteiger partial charge in [0.1, 0.15) is 0 Å². The Morgan fingerprint density at radius 3 is 2.27 bits per heavy atom. The summed E-state index contributed by atoms with van der Waals surface area (Å²) < 4.78 is 0. The van der Waals surface area contributed by atoms with Gasteiger partial charge in [-0.1, -0.05) is 30.3 Å². The van der Waals surface area contributed by atoms with E-state index >= 15 is 0 Å². The van der Waals surface area contributed by atoms with Crippen LogP contribution in [0.4, 0.5) is 0 Å². The Labute approximate surface area is 155 Å². The van der Waals surface area contributed by atoms with Crippen molar-refractivity contribution >= 4 is 11.8 Å². The van der Waals surface area contributed by atoms with Crippen LogP contribution in [0.3, 0.4) is 0 Å². The summed E-state index contributed by atoms with van der Waals surface area (Å²) in [5, 5.41) is 0. The molecule has 138 valence electrons. The number of benzene rings is 1. The van der Waals surface area contributed by atoms with E-state index in [1.54, 1.807) is 0 Å². The van der Waals surface area contributed by atoms with Gasteiger partial charge >= 0.3 is 0 Å². The lowest BCUT2D eigenvalue weighted by Crippen LogP contribution is -2.65. The standard InChI is InChI=1S/C22H28N2O2/c23-18(25)21-11-16-10-20(13-21,17-6-2-1-3-7-17)14-22(12-16,15-21)19(26)24-8-4-5-9-24/h1-3,6-7,16H,4-5,8-15H2,(H2,23,25). The molecule has 5 aliphatic rings. The minimum Gasteiger partial charge on any atom is -0.369 e. The third kappa shape index (κ3) is 2.14. The van der Waals surface area contributed by atoms with Gasteiger partial charge in [0.25, 0.3) is 0 Å². The molecule has 4 aliphatic carbocycles. The second-order valence-electron chi connectivity index (χ2n) is 9.58. The van der Waals surface area contributed by atoms with Gasteiger partial charge in [-0.2, -0.15) is 0 Å². The Hall–Kier alpha value is -1.84. The topological polar surface area (TPSA) is 63.4 Å². The molecule has 1 heterocycles. The zero-order valence-corrected chi connectivity index (χ0v) is 15.4.